The van der Waals surface area contributed by atoms with Crippen LogP contribution in [-0.4, -0.2) is 96.7 Å². The van der Waals surface area contributed by atoms with Crippen LogP contribution in [0.5, 0.6) is 0 Å². The summed E-state index contributed by atoms with van der Waals surface area (Å²) in [6, 6.07) is 0. The van der Waals surface area contributed by atoms with E-state index in [1.165, 1.54) is 263 Å². The van der Waals surface area contributed by atoms with Crippen LogP contribution < -0.4 is 0 Å². The summed E-state index contributed by atoms with van der Waals surface area (Å²) >= 11 is 0. The maximum absolute atomic E-state index is 13.1. The Morgan fingerprint density at radius 1 is 0.257 bits per heavy atom. The number of carbonyl (C=O) groups is 4. The molecular weight excluding hydrogens is 1370 g/mol. The van der Waals surface area contributed by atoms with Crippen molar-refractivity contribution in [1.82, 2.24) is 0 Å². The van der Waals surface area contributed by atoms with E-state index in [4.69, 9.17) is 37.0 Å². The zero-order valence-corrected chi connectivity index (χ0v) is 71.0. The van der Waals surface area contributed by atoms with Gasteiger partial charge >= 0.3 is 39.5 Å². The van der Waals surface area contributed by atoms with Crippen LogP contribution in [0.25, 0.3) is 0 Å². The molecule has 0 saturated heterocycles. The van der Waals surface area contributed by atoms with E-state index in [2.05, 4.69) is 48.5 Å². The van der Waals surface area contributed by atoms with Gasteiger partial charge in [-0.15, -0.1) is 0 Å². The number of hydrogen-bond acceptors (Lipinski definition) is 15. The summed E-state index contributed by atoms with van der Waals surface area (Å²) in [6.07, 6.45) is 66.6. The average molecular weight is 1540 g/mol. The van der Waals surface area contributed by atoms with Gasteiger partial charge < -0.3 is 33.8 Å². The van der Waals surface area contributed by atoms with Gasteiger partial charge in [0.2, 0.25) is 0 Å². The second-order valence-corrected chi connectivity index (χ2v) is 35.3. The Kier molecular flexibility index (Phi) is 74.7. The van der Waals surface area contributed by atoms with Crippen LogP contribution in [0.2, 0.25) is 0 Å². The minimum Gasteiger partial charge on any atom is -0.462 e. The third-order valence-corrected chi connectivity index (χ3v) is 22.0. The van der Waals surface area contributed by atoms with Crippen molar-refractivity contribution in [1.29, 1.82) is 0 Å². The lowest BCUT2D eigenvalue weighted by atomic mass is 10.0. The number of phosphoric ester groups is 2. The molecule has 0 aliphatic heterocycles. The highest BCUT2D eigenvalue weighted by atomic mass is 31.2. The zero-order valence-electron chi connectivity index (χ0n) is 69.2. The Morgan fingerprint density at radius 2 is 0.438 bits per heavy atom. The maximum atomic E-state index is 13.1. The molecule has 2 unspecified atom stereocenters. The van der Waals surface area contributed by atoms with Crippen LogP contribution in [0.15, 0.2) is 0 Å². The van der Waals surface area contributed by atoms with Crippen molar-refractivity contribution in [3.8, 4) is 0 Å². The number of aliphatic hydroxyl groups excluding tert-OH is 1. The molecule has 105 heavy (non-hydrogen) atoms. The fourth-order valence-corrected chi connectivity index (χ4v) is 14.9. The topological polar surface area (TPSA) is 237 Å². The van der Waals surface area contributed by atoms with Gasteiger partial charge in [-0.3, -0.25) is 37.3 Å². The summed E-state index contributed by atoms with van der Waals surface area (Å²) in [7, 11) is -9.93. The molecule has 0 heterocycles. The standard InChI is InChI=1S/C86H168O17P2/c1-8-9-10-11-12-13-14-15-16-17-22-28-33-40-48-55-62-69-86(91)103-82(74-97-84(89)68-61-54-47-42-35-38-45-52-59-66-79(6)7)76-101-105(94,95)99-72-80(87)71-98-104(92,93)100-75-81(102-85(90)70-63-56-49-41-34-29-24-19-21-26-31-37-44-51-58-65-78(4)5)73-96-83(88)67-60-53-46-39-32-27-23-18-20-25-30-36-43-50-57-64-77(2)3/h77-82,87H,8-76H2,1-7H3,(H,92,93)(H,94,95)/t80-,81-,82-/m1/s1. The predicted molar refractivity (Wildman–Crippen MR) is 432 cm³/mol. The molecule has 0 aromatic heterocycles. The first-order valence-electron chi connectivity index (χ1n) is 44.3. The van der Waals surface area contributed by atoms with Crippen molar-refractivity contribution in [3.05, 3.63) is 0 Å². The average Bonchev–Trinajstić information content (AvgIpc) is 0.907. The van der Waals surface area contributed by atoms with Crippen LogP contribution in [0, 0.1) is 17.8 Å². The number of unbranched alkanes of at least 4 members (excludes halogenated alkanes) is 52. The number of rotatable bonds is 84. The van der Waals surface area contributed by atoms with E-state index in [9.17, 15) is 43.2 Å². The fourth-order valence-electron chi connectivity index (χ4n) is 13.4. The van der Waals surface area contributed by atoms with Gasteiger partial charge in [-0.05, 0) is 43.4 Å². The number of hydrogen-bond donors (Lipinski definition) is 3. The van der Waals surface area contributed by atoms with Crippen molar-refractivity contribution >= 4 is 39.5 Å². The van der Waals surface area contributed by atoms with E-state index in [1.807, 2.05) is 0 Å². The van der Waals surface area contributed by atoms with Crippen LogP contribution in [0.4, 0.5) is 0 Å². The smallest absolute Gasteiger partial charge is 0.462 e. The largest absolute Gasteiger partial charge is 0.472 e. The Labute approximate surface area is 645 Å². The molecule has 0 saturated carbocycles. The summed E-state index contributed by atoms with van der Waals surface area (Å²) < 4.78 is 68.9. The molecular formula is C86H168O17P2. The molecule has 0 amide bonds. The fraction of sp³-hybridized carbons (Fsp3) is 0.953. The van der Waals surface area contributed by atoms with Gasteiger partial charge in [0.05, 0.1) is 26.4 Å². The van der Waals surface area contributed by atoms with Gasteiger partial charge in [0.15, 0.2) is 12.2 Å². The van der Waals surface area contributed by atoms with Gasteiger partial charge in [-0.1, -0.05) is 402 Å². The van der Waals surface area contributed by atoms with Gasteiger partial charge in [0, 0.05) is 25.7 Å². The van der Waals surface area contributed by atoms with E-state index in [0.29, 0.717) is 25.7 Å². The molecule has 0 aromatic carbocycles. The minimum atomic E-state index is -4.97. The van der Waals surface area contributed by atoms with Gasteiger partial charge in [-0.25, -0.2) is 9.13 Å². The normalized spacial score (nSPS) is 13.9. The van der Waals surface area contributed by atoms with Crippen LogP contribution >= 0.6 is 15.6 Å². The Hall–Kier alpha value is -1.94. The van der Waals surface area contributed by atoms with Crippen molar-refractivity contribution in [2.45, 2.75) is 471 Å². The lowest BCUT2D eigenvalue weighted by Crippen LogP contribution is -2.30. The molecule has 624 valence electrons. The number of esters is 4. The molecule has 5 atom stereocenters. The Balaban J connectivity index is 5.26. The molecule has 0 fully saturated rings. The van der Waals surface area contributed by atoms with Gasteiger partial charge in [0.25, 0.3) is 0 Å². The summed E-state index contributed by atoms with van der Waals surface area (Å²) in [5, 5.41) is 10.7. The molecule has 0 radical (unpaired) electrons. The van der Waals surface area contributed by atoms with E-state index < -0.39 is 97.5 Å². The van der Waals surface area contributed by atoms with E-state index in [0.717, 1.165) is 108 Å². The molecule has 17 nitrogen and oxygen atoms in total. The molecule has 0 aromatic rings. The second-order valence-electron chi connectivity index (χ2n) is 32.4. The van der Waals surface area contributed by atoms with E-state index >= 15 is 0 Å². The van der Waals surface area contributed by atoms with Crippen molar-refractivity contribution in [3.63, 3.8) is 0 Å². The third kappa shape index (κ3) is 79.9. The Morgan fingerprint density at radius 3 is 0.648 bits per heavy atom. The molecule has 0 rings (SSSR count). The number of phosphoric acid groups is 2. The Bertz CT molecular complexity index is 2030. The van der Waals surface area contributed by atoms with E-state index in [-0.39, 0.29) is 25.7 Å². The first-order valence-corrected chi connectivity index (χ1v) is 47.3. The zero-order chi connectivity index (χ0) is 77.2. The van der Waals surface area contributed by atoms with Crippen LogP contribution in [-0.2, 0) is 65.4 Å². The number of aliphatic hydroxyl groups is 1. The van der Waals surface area contributed by atoms with Crippen LogP contribution in [0.1, 0.15) is 453 Å². The lowest BCUT2D eigenvalue weighted by Gasteiger charge is -2.21. The molecule has 0 bridgehead atoms. The summed E-state index contributed by atoms with van der Waals surface area (Å²) in [4.78, 5) is 73.3. The summed E-state index contributed by atoms with van der Waals surface area (Å²) in [5.41, 5.74) is 0. The summed E-state index contributed by atoms with van der Waals surface area (Å²) in [5.74, 6) is 0.250. The van der Waals surface area contributed by atoms with E-state index in [1.54, 1.807) is 0 Å². The highest BCUT2D eigenvalue weighted by molar-refractivity contribution is 7.47. The first kappa shape index (κ1) is 103. The first-order chi connectivity index (χ1) is 50.7. The molecule has 0 aliphatic rings. The predicted octanol–water partition coefficient (Wildman–Crippen LogP) is 26.1. The number of ether oxygens (including phenoxy) is 4. The summed E-state index contributed by atoms with van der Waals surface area (Å²) in [6.45, 7) is 12.0. The highest BCUT2D eigenvalue weighted by Gasteiger charge is 2.30. The van der Waals surface area contributed by atoms with Crippen molar-refractivity contribution in [2.24, 2.45) is 17.8 Å². The monoisotopic (exact) mass is 1540 g/mol. The third-order valence-electron chi connectivity index (χ3n) is 20.1. The molecule has 0 aliphatic carbocycles. The van der Waals surface area contributed by atoms with Gasteiger partial charge in [-0.2, -0.15) is 0 Å². The van der Waals surface area contributed by atoms with Gasteiger partial charge in [0.1, 0.15) is 19.3 Å². The molecule has 3 N–H and O–H groups in total. The second kappa shape index (κ2) is 76.1. The molecule has 0 spiro atoms. The van der Waals surface area contributed by atoms with Crippen molar-refractivity contribution < 1.29 is 80.2 Å². The quantitative estimate of drug-likeness (QED) is 0.0222. The van der Waals surface area contributed by atoms with Crippen LogP contribution in [0.3, 0.4) is 0 Å². The SMILES string of the molecule is CCCCCCCCCCCCCCCCCCCC(=O)O[C@H](COC(=O)CCCCCCCCCCCC(C)C)COP(=O)(O)OC[C@H](O)COP(=O)(O)OC[C@@H](COC(=O)CCCCCCCCCCCCCCCCCC(C)C)OC(=O)CCCCCCCCCCCCCCCCCC(C)C. The molecule has 19 heteroatoms. The highest BCUT2D eigenvalue weighted by Crippen LogP contribution is 2.45. The lowest BCUT2D eigenvalue weighted by molar-refractivity contribution is -0.161. The number of carbonyl (C=O) groups excluding carboxylic acids is 4. The van der Waals surface area contributed by atoms with Crippen molar-refractivity contribution in [2.75, 3.05) is 39.6 Å². The maximum Gasteiger partial charge on any atom is 0.472 e. The minimum absolute atomic E-state index is 0.108.